The first-order chi connectivity index (χ1) is 18.5. The Balaban J connectivity index is 1.91. The molecule has 2 fully saturated rings. The Labute approximate surface area is 237 Å². The van der Waals surface area contributed by atoms with Gasteiger partial charge in [-0.1, -0.05) is 25.0 Å². The number of nitrogens with zero attached hydrogens (tertiary/aromatic N) is 2. The third kappa shape index (κ3) is 7.89. The number of hydrogen-bond acceptors (Lipinski definition) is 9. The number of aliphatic hydroxyl groups is 1. The van der Waals surface area contributed by atoms with Crippen molar-refractivity contribution in [3.63, 3.8) is 0 Å². The molecule has 0 bridgehead atoms. The molecule has 0 spiro atoms. The number of carbonyl (C=O) groups excluding carboxylic acids is 4. The summed E-state index contributed by atoms with van der Waals surface area (Å²) >= 11 is 0. The van der Waals surface area contributed by atoms with Gasteiger partial charge >= 0.3 is 16.3 Å². The zero-order chi connectivity index (χ0) is 29.9. The van der Waals surface area contributed by atoms with E-state index in [0.29, 0.717) is 32.0 Å². The topological polar surface area (TPSA) is 162 Å². The van der Waals surface area contributed by atoms with Crippen LogP contribution in [-0.2, 0) is 29.3 Å². The van der Waals surface area contributed by atoms with Gasteiger partial charge in [0.25, 0.3) is 0 Å². The largest absolute Gasteiger partial charge is 0.444 e. The van der Waals surface area contributed by atoms with Crippen LogP contribution in [0.15, 0.2) is 12.2 Å². The number of rotatable bonds is 5. The van der Waals surface area contributed by atoms with Crippen molar-refractivity contribution >= 4 is 34.3 Å². The molecule has 0 radical (unpaired) electrons. The Morgan fingerprint density at radius 3 is 2.55 bits per heavy atom. The molecular weight excluding hydrogens is 540 g/mol. The summed E-state index contributed by atoms with van der Waals surface area (Å²) in [7, 11) is -1.44. The second kappa shape index (κ2) is 12.3. The molecule has 2 amide bonds. The molecule has 1 aliphatic carbocycles. The lowest BCUT2D eigenvalue weighted by Gasteiger charge is -2.36. The highest BCUT2D eigenvalue weighted by Crippen LogP contribution is 2.57. The van der Waals surface area contributed by atoms with Gasteiger partial charge in [0.2, 0.25) is 5.91 Å². The third-order valence-corrected chi connectivity index (χ3v) is 9.26. The number of allylic oxidation sites excluding steroid dienone is 2. The number of alkyl carbamates (subject to hydrolysis) is 1. The Kier molecular flexibility index (Phi) is 9.86. The van der Waals surface area contributed by atoms with E-state index >= 15 is 0 Å². The molecule has 0 aromatic rings. The van der Waals surface area contributed by atoms with Gasteiger partial charge in [-0.25, -0.2) is 9.52 Å². The van der Waals surface area contributed by atoms with Crippen molar-refractivity contribution in [1.29, 1.82) is 0 Å². The Morgan fingerprint density at radius 1 is 1.23 bits per heavy atom. The number of ketones is 1. The highest BCUT2D eigenvalue weighted by atomic mass is 32.2. The zero-order valence-electron chi connectivity index (χ0n) is 24.1. The summed E-state index contributed by atoms with van der Waals surface area (Å²) in [5.74, 6) is -1.34. The van der Waals surface area contributed by atoms with E-state index in [2.05, 4.69) is 10.0 Å². The maximum absolute atomic E-state index is 13.7. The fourth-order valence-electron chi connectivity index (χ4n) is 5.57. The summed E-state index contributed by atoms with van der Waals surface area (Å²) in [6.45, 7) is 5.25. The second-order valence-electron chi connectivity index (χ2n) is 12.6. The van der Waals surface area contributed by atoms with Gasteiger partial charge in [-0.3, -0.25) is 14.5 Å². The predicted octanol–water partition coefficient (Wildman–Crippen LogP) is 1.29. The fourth-order valence-corrected chi connectivity index (χ4v) is 6.19. The highest BCUT2D eigenvalue weighted by Gasteiger charge is 2.61. The fraction of sp³-hybridized carbons (Fsp3) is 0.778. The number of nitrogens with one attached hydrogen (secondary N) is 2. The van der Waals surface area contributed by atoms with Gasteiger partial charge in [0.1, 0.15) is 17.4 Å². The highest BCUT2D eigenvalue weighted by molar-refractivity contribution is 7.87. The number of amides is 2. The van der Waals surface area contributed by atoms with Crippen LogP contribution in [0, 0.1) is 11.3 Å². The van der Waals surface area contributed by atoms with Crippen LogP contribution in [-0.4, -0.2) is 97.3 Å². The van der Waals surface area contributed by atoms with Crippen LogP contribution in [0.2, 0.25) is 0 Å². The summed E-state index contributed by atoms with van der Waals surface area (Å²) in [5.41, 5.74) is -3.34. The molecule has 5 atom stereocenters. The molecule has 0 aromatic heterocycles. The Hall–Kier alpha value is -2.35. The van der Waals surface area contributed by atoms with Crippen molar-refractivity contribution in [2.45, 2.75) is 95.4 Å². The molecule has 12 nitrogen and oxygen atoms in total. The number of ether oxygens (including phenoxy) is 1. The first kappa shape index (κ1) is 32.2. The summed E-state index contributed by atoms with van der Waals surface area (Å²) < 4.78 is 33.2. The Morgan fingerprint density at radius 2 is 1.93 bits per heavy atom. The van der Waals surface area contributed by atoms with Crippen LogP contribution < -0.4 is 10.0 Å². The van der Waals surface area contributed by atoms with Crippen LogP contribution in [0.5, 0.6) is 0 Å². The molecule has 1 saturated heterocycles. The molecule has 1 saturated carbocycles. The van der Waals surface area contributed by atoms with Gasteiger partial charge in [0.15, 0.2) is 5.78 Å². The average molecular weight is 585 g/mol. The van der Waals surface area contributed by atoms with Gasteiger partial charge in [0.05, 0.1) is 17.6 Å². The van der Waals surface area contributed by atoms with E-state index in [0.717, 1.165) is 17.1 Å². The molecule has 40 heavy (non-hydrogen) atoms. The summed E-state index contributed by atoms with van der Waals surface area (Å²) in [4.78, 5) is 54.0. The molecule has 2 aliphatic heterocycles. The molecule has 3 N–H and O–H groups in total. The standard InChI is InChI=1S/C27H44N4O8S/c1-25(2,3)39-24(36)28-26(18-32)12-10-8-6-7-9-11-19-14-27(19,23(35)29-40(37,38)30(4)5)15-22(34)21-13-20(33)16-31(21)17-26/h9,11,18-21,33H,6-8,10,12-17H2,1-5H3,(H,28,36)(H,29,35)/b11-9-/t19-,20+,21-,26+,27+/m0/s1. The van der Waals surface area contributed by atoms with Crippen LogP contribution in [0.1, 0.15) is 72.1 Å². The molecule has 0 unspecified atom stereocenters. The summed E-state index contributed by atoms with van der Waals surface area (Å²) in [6.07, 6.45) is 6.41. The summed E-state index contributed by atoms with van der Waals surface area (Å²) in [6, 6.07) is -0.805. The third-order valence-electron chi connectivity index (χ3n) is 7.85. The van der Waals surface area contributed by atoms with E-state index < -0.39 is 50.9 Å². The minimum atomic E-state index is -4.05. The number of Topliss-reactive ketones (excluding diaryl/α,β-unsaturated/α-hetero) is 1. The molecule has 226 valence electrons. The maximum atomic E-state index is 13.7. The van der Waals surface area contributed by atoms with E-state index in [1.807, 2.05) is 12.2 Å². The van der Waals surface area contributed by atoms with Crippen LogP contribution in [0.4, 0.5) is 4.79 Å². The minimum Gasteiger partial charge on any atom is -0.444 e. The number of aliphatic hydroxyl groups excluding tert-OH is 1. The van der Waals surface area contributed by atoms with Crippen molar-refractivity contribution in [2.24, 2.45) is 11.3 Å². The first-order valence-corrected chi connectivity index (χ1v) is 15.3. The molecular formula is C27H44N4O8S. The van der Waals surface area contributed by atoms with Crippen LogP contribution >= 0.6 is 0 Å². The van der Waals surface area contributed by atoms with E-state index in [1.165, 1.54) is 14.1 Å². The Bertz CT molecular complexity index is 1120. The molecule has 0 aromatic carbocycles. The van der Waals surface area contributed by atoms with E-state index in [9.17, 15) is 32.7 Å². The predicted molar refractivity (Wildman–Crippen MR) is 147 cm³/mol. The number of carbonyl (C=O) groups is 4. The van der Waals surface area contributed by atoms with Gasteiger partial charge in [-0.15, -0.1) is 0 Å². The van der Waals surface area contributed by atoms with E-state index in [4.69, 9.17) is 4.74 Å². The van der Waals surface area contributed by atoms with Gasteiger partial charge in [0, 0.05) is 33.6 Å². The van der Waals surface area contributed by atoms with Crippen molar-refractivity contribution < 1.29 is 37.4 Å². The monoisotopic (exact) mass is 584 g/mol. The normalized spacial score (nSPS) is 33.1. The molecule has 2 heterocycles. The zero-order valence-corrected chi connectivity index (χ0v) is 25.0. The van der Waals surface area contributed by atoms with Crippen molar-refractivity contribution in [3.05, 3.63) is 12.2 Å². The van der Waals surface area contributed by atoms with Gasteiger partial charge in [-0.05, 0) is 58.8 Å². The van der Waals surface area contributed by atoms with E-state index in [1.54, 1.807) is 25.7 Å². The number of hydrogen-bond donors (Lipinski definition) is 3. The second-order valence-corrected chi connectivity index (χ2v) is 14.5. The molecule has 13 heteroatoms. The van der Waals surface area contributed by atoms with Crippen molar-refractivity contribution in [3.8, 4) is 0 Å². The quantitative estimate of drug-likeness (QED) is 0.319. The van der Waals surface area contributed by atoms with Crippen LogP contribution in [0.3, 0.4) is 0 Å². The SMILES string of the molecule is CN(C)S(=O)(=O)NC(=O)[C@]12CC(=O)[C@@H]3C[C@@H](O)CN3C[C@](C=O)(NC(=O)OC(C)(C)C)CCCCC/C=C\[C@H]1C2. The lowest BCUT2D eigenvalue weighted by molar-refractivity contribution is -0.132. The van der Waals surface area contributed by atoms with Crippen LogP contribution in [0.25, 0.3) is 0 Å². The van der Waals surface area contributed by atoms with E-state index in [-0.39, 0.29) is 37.6 Å². The number of aldehydes is 1. The van der Waals surface area contributed by atoms with Crippen molar-refractivity contribution in [2.75, 3.05) is 27.2 Å². The lowest BCUT2D eigenvalue weighted by Crippen LogP contribution is -2.59. The molecule has 3 rings (SSSR count). The molecule has 3 aliphatic rings. The van der Waals surface area contributed by atoms with Crippen molar-refractivity contribution in [1.82, 2.24) is 19.2 Å². The maximum Gasteiger partial charge on any atom is 0.408 e. The minimum absolute atomic E-state index is 0.0148. The smallest absolute Gasteiger partial charge is 0.408 e. The summed E-state index contributed by atoms with van der Waals surface area (Å²) in [5, 5.41) is 13.3. The lowest BCUT2D eigenvalue weighted by atomic mass is 9.90. The first-order valence-electron chi connectivity index (χ1n) is 13.9. The van der Waals surface area contributed by atoms with Gasteiger partial charge in [-0.2, -0.15) is 12.7 Å². The number of fused-ring (bicyclic) bond motifs is 2. The average Bonchev–Trinajstić information content (AvgIpc) is 3.39. The van der Waals surface area contributed by atoms with Gasteiger partial charge < -0.3 is 20.0 Å².